The molecule has 0 aromatic carbocycles. The zero-order valence-corrected chi connectivity index (χ0v) is 11.6. The Balaban J connectivity index is 3.27. The van der Waals surface area contributed by atoms with E-state index in [2.05, 4.69) is 26.1 Å². The molecule has 3 N–H and O–H groups in total. The molecule has 2 atom stereocenters. The standard InChI is InChI=1S/C14H32N2/c1-4-6-10-14(5-2)12-16-11-8-7-9-13(3)15/h13-14,16H,4-12,15H2,1-3H3. The lowest BCUT2D eigenvalue weighted by Gasteiger charge is -2.15. The van der Waals surface area contributed by atoms with Gasteiger partial charge in [0, 0.05) is 6.04 Å². The summed E-state index contributed by atoms with van der Waals surface area (Å²) >= 11 is 0. The Morgan fingerprint density at radius 2 is 1.81 bits per heavy atom. The number of nitrogens with one attached hydrogen (secondary N) is 1. The molecule has 0 aliphatic heterocycles. The summed E-state index contributed by atoms with van der Waals surface area (Å²) in [5.74, 6) is 0.883. The van der Waals surface area contributed by atoms with Crippen LogP contribution in [0.25, 0.3) is 0 Å². The predicted octanol–water partition coefficient (Wildman–Crippen LogP) is 3.31. The third-order valence-electron chi connectivity index (χ3n) is 3.24. The lowest BCUT2D eigenvalue weighted by Crippen LogP contribution is -2.24. The van der Waals surface area contributed by atoms with Crippen LogP contribution in [-0.4, -0.2) is 19.1 Å². The maximum absolute atomic E-state index is 5.71. The van der Waals surface area contributed by atoms with Crippen molar-refractivity contribution in [2.75, 3.05) is 13.1 Å². The van der Waals surface area contributed by atoms with Crippen molar-refractivity contribution in [2.24, 2.45) is 11.7 Å². The number of nitrogens with two attached hydrogens (primary N) is 1. The van der Waals surface area contributed by atoms with Gasteiger partial charge in [-0.1, -0.05) is 39.5 Å². The SMILES string of the molecule is CCCCC(CC)CNCCCCC(C)N. The van der Waals surface area contributed by atoms with Crippen LogP contribution in [0.2, 0.25) is 0 Å². The lowest BCUT2D eigenvalue weighted by atomic mass is 9.99. The number of hydrogen-bond donors (Lipinski definition) is 2. The van der Waals surface area contributed by atoms with Gasteiger partial charge in [-0.15, -0.1) is 0 Å². The first-order valence-electron chi connectivity index (χ1n) is 7.16. The van der Waals surface area contributed by atoms with E-state index in [1.165, 1.54) is 45.1 Å². The highest BCUT2D eigenvalue weighted by molar-refractivity contribution is 4.61. The molecule has 0 saturated carbocycles. The smallest absolute Gasteiger partial charge is 0.00104 e. The Hall–Kier alpha value is -0.0800. The molecule has 98 valence electrons. The maximum atomic E-state index is 5.71. The van der Waals surface area contributed by atoms with Gasteiger partial charge in [0.15, 0.2) is 0 Å². The second kappa shape index (κ2) is 11.4. The molecule has 0 spiro atoms. The predicted molar refractivity (Wildman–Crippen MR) is 73.7 cm³/mol. The molecule has 0 aliphatic rings. The molecule has 0 amide bonds. The fraction of sp³-hybridized carbons (Fsp3) is 1.00. The van der Waals surface area contributed by atoms with Crippen molar-refractivity contribution >= 4 is 0 Å². The monoisotopic (exact) mass is 228 g/mol. The van der Waals surface area contributed by atoms with Crippen molar-refractivity contribution < 1.29 is 0 Å². The van der Waals surface area contributed by atoms with Gasteiger partial charge in [0.1, 0.15) is 0 Å². The Morgan fingerprint density at radius 1 is 1.06 bits per heavy atom. The van der Waals surface area contributed by atoms with Gasteiger partial charge < -0.3 is 11.1 Å². The Labute approximate surface area is 102 Å². The van der Waals surface area contributed by atoms with Crippen LogP contribution in [-0.2, 0) is 0 Å². The van der Waals surface area contributed by atoms with Crippen LogP contribution < -0.4 is 11.1 Å². The fourth-order valence-corrected chi connectivity index (χ4v) is 1.97. The summed E-state index contributed by atoms with van der Waals surface area (Å²) in [5.41, 5.74) is 5.71. The quantitative estimate of drug-likeness (QED) is 0.532. The highest BCUT2D eigenvalue weighted by Gasteiger charge is 2.04. The largest absolute Gasteiger partial charge is 0.328 e. The molecule has 2 unspecified atom stereocenters. The van der Waals surface area contributed by atoms with Crippen LogP contribution >= 0.6 is 0 Å². The van der Waals surface area contributed by atoms with E-state index in [0.717, 1.165) is 18.9 Å². The summed E-state index contributed by atoms with van der Waals surface area (Å²) in [5, 5.41) is 3.58. The van der Waals surface area contributed by atoms with Crippen LogP contribution in [0.4, 0.5) is 0 Å². The highest BCUT2D eigenvalue weighted by atomic mass is 14.8. The third kappa shape index (κ3) is 10.4. The molecule has 2 nitrogen and oxygen atoms in total. The zero-order valence-electron chi connectivity index (χ0n) is 11.6. The number of unbranched alkanes of at least 4 members (excludes halogenated alkanes) is 2. The van der Waals surface area contributed by atoms with E-state index in [9.17, 15) is 0 Å². The summed E-state index contributed by atoms with van der Waals surface area (Å²) < 4.78 is 0. The van der Waals surface area contributed by atoms with Crippen molar-refractivity contribution in [3.8, 4) is 0 Å². The van der Waals surface area contributed by atoms with Gasteiger partial charge >= 0.3 is 0 Å². The molecule has 0 aromatic rings. The minimum atomic E-state index is 0.368. The van der Waals surface area contributed by atoms with Crippen molar-refractivity contribution in [3.05, 3.63) is 0 Å². The Bertz CT molecular complexity index is 135. The first kappa shape index (κ1) is 15.9. The number of hydrogen-bond acceptors (Lipinski definition) is 2. The van der Waals surface area contributed by atoms with E-state index < -0.39 is 0 Å². The molecule has 0 bridgehead atoms. The minimum Gasteiger partial charge on any atom is -0.328 e. The molecule has 0 fully saturated rings. The summed E-state index contributed by atoms with van der Waals surface area (Å²) in [4.78, 5) is 0. The molecule has 0 heterocycles. The van der Waals surface area contributed by atoms with Crippen molar-refractivity contribution in [1.29, 1.82) is 0 Å². The average molecular weight is 228 g/mol. The van der Waals surface area contributed by atoms with Crippen LogP contribution in [0.5, 0.6) is 0 Å². The van der Waals surface area contributed by atoms with Gasteiger partial charge in [0.05, 0.1) is 0 Å². The van der Waals surface area contributed by atoms with Crippen molar-refractivity contribution in [2.45, 2.75) is 71.8 Å². The lowest BCUT2D eigenvalue weighted by molar-refractivity contribution is 0.415. The Morgan fingerprint density at radius 3 is 2.38 bits per heavy atom. The minimum absolute atomic E-state index is 0.368. The normalized spacial score (nSPS) is 15.0. The molecule has 0 aromatic heterocycles. The summed E-state index contributed by atoms with van der Waals surface area (Å²) in [7, 11) is 0. The first-order chi connectivity index (χ1) is 7.70. The van der Waals surface area contributed by atoms with Gasteiger partial charge in [-0.25, -0.2) is 0 Å². The Kier molecular flexibility index (Phi) is 11.3. The topological polar surface area (TPSA) is 38.0 Å². The highest BCUT2D eigenvalue weighted by Crippen LogP contribution is 2.11. The summed E-state index contributed by atoms with van der Waals surface area (Å²) in [6.45, 7) is 9.03. The summed E-state index contributed by atoms with van der Waals surface area (Å²) in [6.07, 6.45) is 9.10. The van der Waals surface area contributed by atoms with Gasteiger partial charge in [-0.2, -0.15) is 0 Å². The van der Waals surface area contributed by atoms with Crippen LogP contribution in [0.3, 0.4) is 0 Å². The van der Waals surface area contributed by atoms with E-state index >= 15 is 0 Å². The van der Waals surface area contributed by atoms with Gasteiger partial charge in [0.25, 0.3) is 0 Å². The van der Waals surface area contributed by atoms with E-state index in [-0.39, 0.29) is 0 Å². The van der Waals surface area contributed by atoms with E-state index in [4.69, 9.17) is 5.73 Å². The van der Waals surface area contributed by atoms with Crippen molar-refractivity contribution in [3.63, 3.8) is 0 Å². The van der Waals surface area contributed by atoms with Gasteiger partial charge in [-0.3, -0.25) is 0 Å². The molecule has 0 rings (SSSR count). The molecule has 0 saturated heterocycles. The van der Waals surface area contributed by atoms with Crippen LogP contribution in [0.15, 0.2) is 0 Å². The molecular weight excluding hydrogens is 196 g/mol. The number of rotatable bonds is 11. The van der Waals surface area contributed by atoms with Crippen molar-refractivity contribution in [1.82, 2.24) is 5.32 Å². The van der Waals surface area contributed by atoms with E-state index in [1.54, 1.807) is 0 Å². The third-order valence-corrected chi connectivity index (χ3v) is 3.24. The van der Waals surface area contributed by atoms with E-state index in [1.807, 2.05) is 0 Å². The van der Waals surface area contributed by atoms with Gasteiger partial charge in [-0.05, 0) is 45.2 Å². The van der Waals surface area contributed by atoms with E-state index in [0.29, 0.717) is 6.04 Å². The maximum Gasteiger partial charge on any atom is 0.00104 e. The van der Waals surface area contributed by atoms with Gasteiger partial charge in [0.2, 0.25) is 0 Å². The molecule has 16 heavy (non-hydrogen) atoms. The van der Waals surface area contributed by atoms with Crippen LogP contribution in [0, 0.1) is 5.92 Å². The molecular formula is C14H32N2. The second-order valence-corrected chi connectivity index (χ2v) is 5.09. The first-order valence-corrected chi connectivity index (χ1v) is 7.16. The van der Waals surface area contributed by atoms with Crippen LogP contribution in [0.1, 0.15) is 65.7 Å². The molecule has 2 heteroatoms. The molecule has 0 aliphatic carbocycles. The average Bonchev–Trinajstić information content (AvgIpc) is 2.26. The second-order valence-electron chi connectivity index (χ2n) is 5.09. The summed E-state index contributed by atoms with van der Waals surface area (Å²) in [6, 6.07) is 0.368. The fourth-order valence-electron chi connectivity index (χ4n) is 1.97. The zero-order chi connectivity index (χ0) is 12.2. The molecule has 0 radical (unpaired) electrons.